The van der Waals surface area contributed by atoms with Crippen molar-refractivity contribution in [2.45, 2.75) is 6.04 Å². The standard InChI is InChI=1S/C12H14ClN3O2S/c1-14-11(17)7-2-3-8(13)9(4-7)16-12(18)10-5-19-6-15-10/h2-4,10,15H,5-6H2,1H3,(H,14,17)(H,16,18). The Morgan fingerprint density at radius 1 is 1.47 bits per heavy atom. The number of thioether (sulfide) groups is 1. The van der Waals surface area contributed by atoms with Crippen molar-refractivity contribution in [3.8, 4) is 0 Å². The molecule has 1 unspecified atom stereocenters. The molecule has 1 atom stereocenters. The minimum atomic E-state index is -0.221. The second-order valence-electron chi connectivity index (χ2n) is 4.03. The van der Waals surface area contributed by atoms with Crippen LogP contribution in [0.3, 0.4) is 0 Å². The average molecular weight is 300 g/mol. The van der Waals surface area contributed by atoms with Crippen molar-refractivity contribution in [3.05, 3.63) is 28.8 Å². The van der Waals surface area contributed by atoms with E-state index in [-0.39, 0.29) is 17.9 Å². The average Bonchev–Trinajstić information content (AvgIpc) is 2.94. The van der Waals surface area contributed by atoms with E-state index in [0.717, 1.165) is 11.6 Å². The quantitative estimate of drug-likeness (QED) is 0.787. The van der Waals surface area contributed by atoms with E-state index in [9.17, 15) is 9.59 Å². The molecule has 5 nitrogen and oxygen atoms in total. The SMILES string of the molecule is CNC(=O)c1ccc(Cl)c(NC(=O)C2CSCN2)c1. The zero-order valence-corrected chi connectivity index (χ0v) is 11.9. The van der Waals surface area contributed by atoms with Gasteiger partial charge in [-0.3, -0.25) is 14.9 Å². The molecular weight excluding hydrogens is 286 g/mol. The summed E-state index contributed by atoms with van der Waals surface area (Å²) in [4.78, 5) is 23.5. The number of hydrogen-bond acceptors (Lipinski definition) is 4. The summed E-state index contributed by atoms with van der Waals surface area (Å²) in [5, 5.41) is 8.75. The van der Waals surface area contributed by atoms with E-state index in [0.29, 0.717) is 16.3 Å². The van der Waals surface area contributed by atoms with Crippen LogP contribution in [-0.2, 0) is 4.79 Å². The molecule has 1 aromatic rings. The predicted octanol–water partition coefficient (Wildman–Crippen LogP) is 1.30. The summed E-state index contributed by atoms with van der Waals surface area (Å²) in [6.07, 6.45) is 0. The lowest BCUT2D eigenvalue weighted by atomic mass is 10.2. The maximum absolute atomic E-state index is 12.0. The van der Waals surface area contributed by atoms with Crippen LogP contribution in [0.1, 0.15) is 10.4 Å². The smallest absolute Gasteiger partial charge is 0.251 e. The van der Waals surface area contributed by atoms with Crippen molar-refractivity contribution in [1.29, 1.82) is 0 Å². The van der Waals surface area contributed by atoms with E-state index >= 15 is 0 Å². The summed E-state index contributed by atoms with van der Waals surface area (Å²) in [6.45, 7) is 0. The predicted molar refractivity (Wildman–Crippen MR) is 77.7 cm³/mol. The highest BCUT2D eigenvalue weighted by Gasteiger charge is 2.23. The number of rotatable bonds is 3. The minimum Gasteiger partial charge on any atom is -0.355 e. The zero-order chi connectivity index (χ0) is 13.8. The monoisotopic (exact) mass is 299 g/mol. The Morgan fingerprint density at radius 3 is 2.89 bits per heavy atom. The molecule has 0 saturated carbocycles. The minimum absolute atomic E-state index is 0.138. The van der Waals surface area contributed by atoms with Crippen LogP contribution in [0.2, 0.25) is 5.02 Å². The van der Waals surface area contributed by atoms with E-state index in [1.165, 1.54) is 0 Å². The fraction of sp³-hybridized carbons (Fsp3) is 0.333. The second-order valence-corrected chi connectivity index (χ2v) is 5.47. The molecule has 0 aliphatic carbocycles. The van der Waals surface area contributed by atoms with E-state index in [4.69, 9.17) is 11.6 Å². The van der Waals surface area contributed by atoms with Gasteiger partial charge in [0.25, 0.3) is 5.91 Å². The first-order valence-corrected chi connectivity index (χ1v) is 7.28. The number of hydrogen-bond donors (Lipinski definition) is 3. The van der Waals surface area contributed by atoms with E-state index < -0.39 is 0 Å². The van der Waals surface area contributed by atoms with Crippen LogP contribution in [0.15, 0.2) is 18.2 Å². The Morgan fingerprint density at radius 2 is 2.26 bits per heavy atom. The molecular formula is C12H14ClN3O2S. The van der Waals surface area contributed by atoms with Crippen LogP contribution in [-0.4, -0.2) is 36.5 Å². The maximum Gasteiger partial charge on any atom is 0.251 e. The van der Waals surface area contributed by atoms with Gasteiger partial charge in [0, 0.05) is 24.2 Å². The summed E-state index contributed by atoms with van der Waals surface area (Å²) in [7, 11) is 1.55. The van der Waals surface area contributed by atoms with Crippen LogP contribution in [0, 0.1) is 0 Å². The number of halogens is 1. The van der Waals surface area contributed by atoms with Gasteiger partial charge in [-0.1, -0.05) is 11.6 Å². The third-order valence-electron chi connectivity index (χ3n) is 2.75. The van der Waals surface area contributed by atoms with Gasteiger partial charge in [-0.05, 0) is 18.2 Å². The molecule has 0 radical (unpaired) electrons. The summed E-state index contributed by atoms with van der Waals surface area (Å²) in [5.41, 5.74) is 0.905. The molecule has 1 heterocycles. The molecule has 1 fully saturated rings. The summed E-state index contributed by atoms with van der Waals surface area (Å²) < 4.78 is 0. The number of carbonyl (C=O) groups excluding carboxylic acids is 2. The zero-order valence-electron chi connectivity index (χ0n) is 10.3. The van der Waals surface area contributed by atoms with Gasteiger partial charge >= 0.3 is 0 Å². The molecule has 1 aliphatic rings. The van der Waals surface area contributed by atoms with E-state index in [1.54, 1.807) is 37.0 Å². The molecule has 1 saturated heterocycles. The van der Waals surface area contributed by atoms with Gasteiger partial charge in [-0.2, -0.15) is 0 Å². The fourth-order valence-electron chi connectivity index (χ4n) is 1.69. The highest BCUT2D eigenvalue weighted by molar-refractivity contribution is 7.99. The third kappa shape index (κ3) is 3.40. The number of nitrogens with one attached hydrogen (secondary N) is 3. The van der Waals surface area contributed by atoms with Gasteiger partial charge in [-0.25, -0.2) is 0 Å². The second kappa shape index (κ2) is 6.27. The number of carbonyl (C=O) groups is 2. The highest BCUT2D eigenvalue weighted by atomic mass is 35.5. The van der Waals surface area contributed by atoms with Crippen LogP contribution in [0.25, 0.3) is 0 Å². The molecule has 0 spiro atoms. The molecule has 0 aromatic heterocycles. The van der Waals surface area contributed by atoms with Crippen molar-refractivity contribution in [2.24, 2.45) is 0 Å². The Labute approximate surface area is 120 Å². The molecule has 1 aliphatic heterocycles. The van der Waals surface area contributed by atoms with Crippen molar-refractivity contribution in [3.63, 3.8) is 0 Å². The van der Waals surface area contributed by atoms with E-state index in [1.807, 2.05) is 0 Å². The molecule has 102 valence electrons. The number of benzene rings is 1. The molecule has 2 amide bonds. The van der Waals surface area contributed by atoms with Crippen molar-refractivity contribution >= 4 is 40.9 Å². The summed E-state index contributed by atoms with van der Waals surface area (Å²) in [5.74, 6) is 1.14. The first-order chi connectivity index (χ1) is 9.11. The lowest BCUT2D eigenvalue weighted by Gasteiger charge is -2.12. The lowest BCUT2D eigenvalue weighted by Crippen LogP contribution is -2.37. The van der Waals surface area contributed by atoms with Gasteiger partial charge in [0.2, 0.25) is 5.91 Å². The first-order valence-electron chi connectivity index (χ1n) is 5.75. The van der Waals surface area contributed by atoms with Crippen LogP contribution in [0.4, 0.5) is 5.69 Å². The highest BCUT2D eigenvalue weighted by Crippen LogP contribution is 2.24. The van der Waals surface area contributed by atoms with Crippen LogP contribution >= 0.6 is 23.4 Å². The number of amides is 2. The van der Waals surface area contributed by atoms with Crippen LogP contribution in [0.5, 0.6) is 0 Å². The molecule has 19 heavy (non-hydrogen) atoms. The molecule has 1 aromatic carbocycles. The van der Waals surface area contributed by atoms with E-state index in [2.05, 4.69) is 16.0 Å². The van der Waals surface area contributed by atoms with Gasteiger partial charge in [0.15, 0.2) is 0 Å². The van der Waals surface area contributed by atoms with Gasteiger partial charge in [-0.15, -0.1) is 11.8 Å². The van der Waals surface area contributed by atoms with Gasteiger partial charge in [0.1, 0.15) is 0 Å². The maximum atomic E-state index is 12.0. The summed E-state index contributed by atoms with van der Waals surface area (Å²) in [6, 6.07) is 4.56. The van der Waals surface area contributed by atoms with Crippen molar-refractivity contribution < 1.29 is 9.59 Å². The largest absolute Gasteiger partial charge is 0.355 e. The number of anilines is 1. The fourth-order valence-corrected chi connectivity index (χ4v) is 2.80. The Bertz CT molecular complexity index is 504. The Balaban J connectivity index is 2.14. The molecule has 2 rings (SSSR count). The summed E-state index contributed by atoms with van der Waals surface area (Å²) >= 11 is 7.69. The lowest BCUT2D eigenvalue weighted by molar-refractivity contribution is -0.117. The molecule has 3 N–H and O–H groups in total. The molecule has 0 bridgehead atoms. The van der Waals surface area contributed by atoms with Gasteiger partial charge < -0.3 is 10.6 Å². The first kappa shape index (κ1) is 14.2. The van der Waals surface area contributed by atoms with Crippen LogP contribution < -0.4 is 16.0 Å². The third-order valence-corrected chi connectivity index (χ3v) is 4.02. The van der Waals surface area contributed by atoms with Crippen molar-refractivity contribution in [1.82, 2.24) is 10.6 Å². The topological polar surface area (TPSA) is 70.2 Å². The Hall–Kier alpha value is -1.24. The normalized spacial score (nSPS) is 18.1. The Kier molecular flexibility index (Phi) is 4.68. The molecule has 7 heteroatoms. The van der Waals surface area contributed by atoms with Gasteiger partial charge in [0.05, 0.1) is 16.8 Å². The van der Waals surface area contributed by atoms with Crippen molar-refractivity contribution in [2.75, 3.05) is 24.0 Å².